The second-order valence-electron chi connectivity index (χ2n) is 4.62. The number of hydrogen-bond acceptors (Lipinski definition) is 1. The molecular weight excluding hydrogens is 310 g/mol. The lowest BCUT2D eigenvalue weighted by molar-refractivity contribution is 0.320. The van der Waals surface area contributed by atoms with Gasteiger partial charge in [-0.3, -0.25) is 4.90 Å². The van der Waals surface area contributed by atoms with Gasteiger partial charge in [-0.15, -0.1) is 0 Å². The molecular formula is C15H17BrClN. The molecule has 0 aliphatic carbocycles. The highest BCUT2D eigenvalue weighted by atomic mass is 79.9. The Bertz CT molecular complexity index is 453. The van der Waals surface area contributed by atoms with E-state index in [0.29, 0.717) is 0 Å². The Morgan fingerprint density at radius 2 is 1.89 bits per heavy atom. The highest BCUT2D eigenvalue weighted by Gasteiger charge is 2.06. The molecule has 3 heteroatoms. The Kier molecular flexibility index (Phi) is 5.56. The maximum atomic E-state index is 6.04. The first-order chi connectivity index (χ1) is 8.75. The highest BCUT2D eigenvalue weighted by molar-refractivity contribution is 9.10. The molecule has 1 aromatic rings. The van der Waals surface area contributed by atoms with Gasteiger partial charge < -0.3 is 0 Å². The third-order valence-corrected chi connectivity index (χ3v) is 4.39. The number of halogens is 2. The van der Waals surface area contributed by atoms with Crippen molar-refractivity contribution in [1.82, 2.24) is 4.90 Å². The van der Waals surface area contributed by atoms with Gasteiger partial charge in [0.15, 0.2) is 0 Å². The van der Waals surface area contributed by atoms with Crippen LogP contribution in [-0.4, -0.2) is 24.5 Å². The van der Waals surface area contributed by atoms with Gasteiger partial charge in [-0.25, -0.2) is 0 Å². The van der Waals surface area contributed by atoms with Gasteiger partial charge in [-0.05, 0) is 60.1 Å². The summed E-state index contributed by atoms with van der Waals surface area (Å²) >= 11 is 9.42. The number of likely N-dealkylation sites (tertiary alicyclic amines) is 1. The number of rotatable bonds is 1. The normalized spacial score (nSPS) is 16.8. The standard InChI is InChI=1S/C15H17BrClN/c16-14-8-7-13(12-15(14)17)6-5-11-18-9-3-1-2-4-10-18/h7-8,12H,1-4,9-11H2. The van der Waals surface area contributed by atoms with E-state index in [-0.39, 0.29) is 0 Å². The lowest BCUT2D eigenvalue weighted by Crippen LogP contribution is -2.24. The third-order valence-electron chi connectivity index (χ3n) is 3.15. The lowest BCUT2D eigenvalue weighted by atomic mass is 10.2. The van der Waals surface area contributed by atoms with E-state index < -0.39 is 0 Å². The molecule has 0 spiro atoms. The van der Waals surface area contributed by atoms with Crippen LogP contribution in [0.4, 0.5) is 0 Å². The molecule has 0 saturated carbocycles. The smallest absolute Gasteiger partial charge is 0.0605 e. The van der Waals surface area contributed by atoms with E-state index in [0.717, 1.165) is 21.6 Å². The summed E-state index contributed by atoms with van der Waals surface area (Å²) in [7, 11) is 0. The molecule has 0 unspecified atom stereocenters. The quantitative estimate of drug-likeness (QED) is 0.694. The van der Waals surface area contributed by atoms with Crippen LogP contribution in [0.25, 0.3) is 0 Å². The van der Waals surface area contributed by atoms with Crippen molar-refractivity contribution in [2.75, 3.05) is 19.6 Å². The molecule has 1 fully saturated rings. The molecule has 1 aromatic carbocycles. The van der Waals surface area contributed by atoms with Crippen molar-refractivity contribution in [3.05, 3.63) is 33.3 Å². The van der Waals surface area contributed by atoms with E-state index in [1.165, 1.54) is 38.8 Å². The van der Waals surface area contributed by atoms with Crippen molar-refractivity contribution in [3.8, 4) is 11.8 Å². The van der Waals surface area contributed by atoms with E-state index in [1.807, 2.05) is 18.2 Å². The third kappa shape index (κ3) is 4.31. The van der Waals surface area contributed by atoms with Gasteiger partial charge in [0.1, 0.15) is 0 Å². The van der Waals surface area contributed by atoms with Crippen molar-refractivity contribution in [2.45, 2.75) is 25.7 Å². The number of nitrogens with zero attached hydrogens (tertiary/aromatic N) is 1. The van der Waals surface area contributed by atoms with E-state index >= 15 is 0 Å². The Hall–Kier alpha value is -0.490. The Balaban J connectivity index is 1.92. The predicted octanol–water partition coefficient (Wildman–Crippen LogP) is 4.33. The zero-order valence-electron chi connectivity index (χ0n) is 10.4. The molecule has 0 aromatic heterocycles. The van der Waals surface area contributed by atoms with Crippen LogP contribution in [0.15, 0.2) is 22.7 Å². The molecule has 1 aliphatic heterocycles. The second-order valence-corrected chi connectivity index (χ2v) is 5.88. The molecule has 0 radical (unpaired) electrons. The molecule has 0 bridgehead atoms. The minimum Gasteiger partial charge on any atom is -0.292 e. The number of benzene rings is 1. The monoisotopic (exact) mass is 325 g/mol. The van der Waals surface area contributed by atoms with Crippen molar-refractivity contribution in [1.29, 1.82) is 0 Å². The summed E-state index contributed by atoms with van der Waals surface area (Å²) < 4.78 is 0.919. The second kappa shape index (κ2) is 7.19. The largest absolute Gasteiger partial charge is 0.292 e. The Morgan fingerprint density at radius 1 is 1.17 bits per heavy atom. The van der Waals surface area contributed by atoms with Crippen LogP contribution in [0.3, 0.4) is 0 Å². The van der Waals surface area contributed by atoms with Gasteiger partial charge in [0.25, 0.3) is 0 Å². The topological polar surface area (TPSA) is 3.24 Å². The Labute approximate surface area is 123 Å². The SMILES string of the molecule is Clc1cc(C#CCN2CCCCCC2)ccc1Br. The molecule has 0 amide bonds. The molecule has 0 atom stereocenters. The van der Waals surface area contributed by atoms with Crippen LogP contribution in [0, 0.1) is 11.8 Å². The fraction of sp³-hybridized carbons (Fsp3) is 0.467. The van der Waals surface area contributed by atoms with E-state index in [4.69, 9.17) is 11.6 Å². The van der Waals surface area contributed by atoms with E-state index in [9.17, 15) is 0 Å². The maximum absolute atomic E-state index is 6.04. The van der Waals surface area contributed by atoms with Crippen LogP contribution < -0.4 is 0 Å². The summed E-state index contributed by atoms with van der Waals surface area (Å²) in [5.41, 5.74) is 0.984. The van der Waals surface area contributed by atoms with Crippen molar-refractivity contribution >= 4 is 27.5 Å². The molecule has 1 aliphatic rings. The summed E-state index contributed by atoms with van der Waals surface area (Å²) in [4.78, 5) is 2.44. The Morgan fingerprint density at radius 3 is 2.56 bits per heavy atom. The van der Waals surface area contributed by atoms with Gasteiger partial charge in [-0.2, -0.15) is 0 Å². The van der Waals surface area contributed by atoms with Crippen molar-refractivity contribution in [3.63, 3.8) is 0 Å². The van der Waals surface area contributed by atoms with Crippen molar-refractivity contribution < 1.29 is 0 Å². The lowest BCUT2D eigenvalue weighted by Gasteiger charge is -2.15. The summed E-state index contributed by atoms with van der Waals surface area (Å²) in [5, 5.41) is 0.719. The fourth-order valence-corrected chi connectivity index (χ4v) is 2.55. The maximum Gasteiger partial charge on any atom is 0.0605 e. The first-order valence-corrected chi connectivity index (χ1v) is 7.59. The number of hydrogen-bond donors (Lipinski definition) is 0. The van der Waals surface area contributed by atoms with Crippen LogP contribution in [0.1, 0.15) is 31.2 Å². The zero-order chi connectivity index (χ0) is 12.8. The highest BCUT2D eigenvalue weighted by Crippen LogP contribution is 2.22. The summed E-state index contributed by atoms with van der Waals surface area (Å²) in [5.74, 6) is 6.43. The van der Waals surface area contributed by atoms with Gasteiger partial charge in [0.2, 0.25) is 0 Å². The minimum atomic E-state index is 0.719. The molecule has 2 rings (SSSR count). The first kappa shape index (κ1) is 13.9. The molecule has 0 N–H and O–H groups in total. The fourth-order valence-electron chi connectivity index (χ4n) is 2.12. The average molecular weight is 327 g/mol. The van der Waals surface area contributed by atoms with Gasteiger partial charge in [0.05, 0.1) is 11.6 Å². The van der Waals surface area contributed by atoms with Gasteiger partial charge in [0, 0.05) is 10.0 Å². The van der Waals surface area contributed by atoms with Crippen molar-refractivity contribution in [2.24, 2.45) is 0 Å². The van der Waals surface area contributed by atoms with Crippen LogP contribution in [0.2, 0.25) is 5.02 Å². The van der Waals surface area contributed by atoms with Crippen LogP contribution in [0.5, 0.6) is 0 Å². The van der Waals surface area contributed by atoms with Gasteiger partial charge in [-0.1, -0.05) is 36.3 Å². The first-order valence-electron chi connectivity index (χ1n) is 6.42. The average Bonchev–Trinajstić information content (AvgIpc) is 2.62. The predicted molar refractivity (Wildman–Crippen MR) is 80.9 cm³/mol. The van der Waals surface area contributed by atoms with Crippen LogP contribution in [-0.2, 0) is 0 Å². The molecule has 1 saturated heterocycles. The zero-order valence-corrected chi connectivity index (χ0v) is 12.7. The minimum absolute atomic E-state index is 0.719. The summed E-state index contributed by atoms with van der Waals surface area (Å²) in [6.45, 7) is 3.25. The molecule has 1 heterocycles. The molecule has 1 nitrogen and oxygen atoms in total. The van der Waals surface area contributed by atoms with E-state index in [1.54, 1.807) is 0 Å². The summed E-state index contributed by atoms with van der Waals surface area (Å²) in [6, 6.07) is 5.84. The van der Waals surface area contributed by atoms with Gasteiger partial charge >= 0.3 is 0 Å². The molecule has 96 valence electrons. The molecule has 18 heavy (non-hydrogen) atoms. The van der Waals surface area contributed by atoms with Crippen LogP contribution >= 0.6 is 27.5 Å². The summed E-state index contributed by atoms with van der Waals surface area (Å²) in [6.07, 6.45) is 5.36. The van der Waals surface area contributed by atoms with E-state index in [2.05, 4.69) is 32.7 Å².